The number of nitrogens with one attached hydrogen (secondary N) is 3. The van der Waals surface area contributed by atoms with Gasteiger partial charge >= 0.3 is 0 Å². The summed E-state index contributed by atoms with van der Waals surface area (Å²) in [5.41, 5.74) is 2.95. The zero-order valence-electron chi connectivity index (χ0n) is 24.2. The van der Waals surface area contributed by atoms with Gasteiger partial charge in [-0.05, 0) is 73.5 Å². The molecule has 4 N–H and O–H groups in total. The van der Waals surface area contributed by atoms with Crippen molar-refractivity contribution >= 4 is 34.4 Å². The Kier molecular flexibility index (Phi) is 7.03. The van der Waals surface area contributed by atoms with E-state index in [1.165, 1.54) is 22.1 Å². The number of carbonyl (C=O) groups is 1. The maximum Gasteiger partial charge on any atom is 0.290 e. The van der Waals surface area contributed by atoms with E-state index in [0.717, 1.165) is 35.5 Å². The smallest absolute Gasteiger partial charge is 0.290 e. The van der Waals surface area contributed by atoms with Gasteiger partial charge in [-0.2, -0.15) is 10.2 Å². The molecule has 0 saturated carbocycles. The van der Waals surface area contributed by atoms with Crippen molar-refractivity contribution in [3.8, 4) is 11.3 Å². The number of hydrogen-bond acceptors (Lipinski definition) is 8. The quantitative estimate of drug-likeness (QED) is 0.256. The van der Waals surface area contributed by atoms with Crippen LogP contribution in [0.4, 0.5) is 21.6 Å². The first kappa shape index (κ1) is 28.3. The maximum absolute atomic E-state index is 15.1. The Hall–Kier alpha value is -3.87. The minimum Gasteiger partial charge on any atom is -0.388 e. The van der Waals surface area contributed by atoms with E-state index in [-0.39, 0.29) is 28.4 Å². The number of benzene rings is 1. The average Bonchev–Trinajstić information content (AvgIpc) is 3.71. The summed E-state index contributed by atoms with van der Waals surface area (Å²) in [5, 5.41) is 28.9. The molecule has 1 aliphatic heterocycles. The Morgan fingerprint density at radius 3 is 2.69 bits per heavy atom. The molecule has 10 nitrogen and oxygen atoms in total. The van der Waals surface area contributed by atoms with Crippen molar-refractivity contribution in [3.05, 3.63) is 73.1 Å². The Morgan fingerprint density at radius 2 is 1.98 bits per heavy atom. The van der Waals surface area contributed by atoms with Gasteiger partial charge in [0.05, 0.1) is 28.1 Å². The normalized spacial score (nSPS) is 19.2. The first-order valence-corrected chi connectivity index (χ1v) is 14.8. The van der Waals surface area contributed by atoms with Crippen LogP contribution >= 0.6 is 11.3 Å². The van der Waals surface area contributed by atoms with Crippen LogP contribution in [-0.2, 0) is 20.5 Å². The number of hydrogen-bond donors (Lipinski definition) is 4. The van der Waals surface area contributed by atoms with Crippen molar-refractivity contribution in [2.24, 2.45) is 19.5 Å². The highest BCUT2D eigenvalue weighted by Crippen LogP contribution is 2.48. The summed E-state index contributed by atoms with van der Waals surface area (Å²) in [6, 6.07) is 8.32. The predicted octanol–water partition coefficient (Wildman–Crippen LogP) is 4.73. The minimum absolute atomic E-state index is 0.0375. The summed E-state index contributed by atoms with van der Waals surface area (Å²) < 4.78 is 18.1. The fraction of sp³-hybridized carbons (Fsp3) is 0.400. The van der Waals surface area contributed by atoms with Gasteiger partial charge in [0.25, 0.3) is 11.5 Å². The monoisotopic (exact) mass is 591 g/mol. The summed E-state index contributed by atoms with van der Waals surface area (Å²) in [5.74, 6) is -0.493. The summed E-state index contributed by atoms with van der Waals surface area (Å²) in [6.45, 7) is 6.64. The van der Waals surface area contributed by atoms with Crippen molar-refractivity contribution in [1.82, 2.24) is 24.9 Å². The number of anilines is 3. The van der Waals surface area contributed by atoms with Crippen molar-refractivity contribution in [3.63, 3.8) is 0 Å². The van der Waals surface area contributed by atoms with Crippen LogP contribution < -0.4 is 21.5 Å². The Bertz CT molecular complexity index is 1770. The van der Waals surface area contributed by atoms with Crippen molar-refractivity contribution in [2.45, 2.75) is 52.2 Å². The van der Waals surface area contributed by atoms with E-state index in [1.54, 1.807) is 36.9 Å². The molecule has 220 valence electrons. The standard InChI is InChI=1S/C30H34FN7O3S/c1-15-16(8-9-18(31)26(15)34-28(40)23-11-17-24(42-23)14-30(2,3)27(17)39)20-12-21(29(41)38(5)35-20)33-25-13-22(37(4)36-25)19-7-6-10-32-19/h8-9,11-13,19,27,32,39H,6-7,10,14H2,1-5H3,(H,33,36)(H,34,40). The van der Waals surface area contributed by atoms with Crippen molar-refractivity contribution in [1.29, 1.82) is 0 Å². The van der Waals surface area contributed by atoms with Gasteiger partial charge in [-0.3, -0.25) is 14.3 Å². The first-order valence-electron chi connectivity index (χ1n) is 14.0. The summed E-state index contributed by atoms with van der Waals surface area (Å²) in [7, 11) is 3.43. The number of aryl methyl sites for hydroxylation is 2. The van der Waals surface area contributed by atoms with Gasteiger partial charge in [0.15, 0.2) is 5.82 Å². The lowest BCUT2D eigenvalue weighted by atomic mass is 9.88. The minimum atomic E-state index is -0.650. The van der Waals surface area contributed by atoms with Crippen molar-refractivity contribution in [2.75, 3.05) is 17.2 Å². The summed E-state index contributed by atoms with van der Waals surface area (Å²) >= 11 is 1.32. The third-order valence-corrected chi connectivity index (χ3v) is 9.45. The molecule has 2 aliphatic rings. The molecular weight excluding hydrogens is 557 g/mol. The molecule has 0 bridgehead atoms. The molecule has 1 fully saturated rings. The van der Waals surface area contributed by atoms with Crippen LogP contribution in [0.25, 0.3) is 11.3 Å². The van der Waals surface area contributed by atoms with Gasteiger partial charge in [0.1, 0.15) is 11.5 Å². The van der Waals surface area contributed by atoms with Gasteiger partial charge in [0, 0.05) is 36.6 Å². The molecular formula is C30H34FN7O3S. The molecule has 6 rings (SSSR count). The molecule has 1 aromatic carbocycles. The third kappa shape index (κ3) is 4.93. The summed E-state index contributed by atoms with van der Waals surface area (Å²) in [4.78, 5) is 27.6. The van der Waals surface area contributed by atoms with Crippen LogP contribution in [-0.4, -0.2) is 37.1 Å². The zero-order valence-corrected chi connectivity index (χ0v) is 25.0. The number of rotatable bonds is 6. The number of aliphatic hydroxyl groups excluding tert-OH is 1. The van der Waals surface area contributed by atoms with Gasteiger partial charge in [-0.25, -0.2) is 9.07 Å². The number of nitrogens with zero attached hydrogens (tertiary/aromatic N) is 4. The highest BCUT2D eigenvalue weighted by Gasteiger charge is 2.40. The average molecular weight is 592 g/mol. The van der Waals surface area contributed by atoms with Gasteiger partial charge in [-0.1, -0.05) is 13.8 Å². The van der Waals surface area contributed by atoms with Gasteiger partial charge in [0.2, 0.25) is 0 Å². The first-order chi connectivity index (χ1) is 19.9. The summed E-state index contributed by atoms with van der Waals surface area (Å²) in [6.07, 6.45) is 2.15. The second kappa shape index (κ2) is 10.4. The van der Waals surface area contributed by atoms with Crippen LogP contribution in [0, 0.1) is 18.2 Å². The SMILES string of the molecule is Cc1c(-c2cc(Nc3cc(C4CCCN4)n(C)n3)c(=O)n(C)n2)ccc(F)c1NC(=O)c1cc2c(s1)CC(C)(C)C2O. The molecule has 2 atom stereocenters. The van der Waals surface area contributed by atoms with E-state index in [1.807, 2.05) is 27.0 Å². The zero-order chi connectivity index (χ0) is 29.9. The molecule has 3 aromatic heterocycles. The Morgan fingerprint density at radius 1 is 1.19 bits per heavy atom. The van der Waals surface area contributed by atoms with Crippen LogP contribution in [0.2, 0.25) is 0 Å². The number of halogens is 1. The highest BCUT2D eigenvalue weighted by atomic mass is 32.1. The number of amides is 1. The van der Waals surface area contributed by atoms with Crippen molar-refractivity contribution < 1.29 is 14.3 Å². The molecule has 1 aliphatic carbocycles. The molecule has 1 amide bonds. The highest BCUT2D eigenvalue weighted by molar-refractivity contribution is 7.14. The molecule has 4 aromatic rings. The molecule has 42 heavy (non-hydrogen) atoms. The Balaban J connectivity index is 1.28. The van der Waals surface area contributed by atoms with E-state index in [2.05, 4.69) is 26.1 Å². The lowest BCUT2D eigenvalue weighted by Gasteiger charge is -2.22. The maximum atomic E-state index is 15.1. The topological polar surface area (TPSA) is 126 Å². The van der Waals surface area contributed by atoms with E-state index in [9.17, 15) is 14.7 Å². The van der Waals surface area contributed by atoms with Crippen LogP contribution in [0.1, 0.15) is 70.2 Å². The number of aliphatic hydroxyl groups is 1. The van der Waals surface area contributed by atoms with E-state index >= 15 is 4.39 Å². The van der Waals surface area contributed by atoms with Crippen LogP contribution in [0.3, 0.4) is 0 Å². The van der Waals surface area contributed by atoms with E-state index in [4.69, 9.17) is 0 Å². The molecule has 1 saturated heterocycles. The molecule has 2 unspecified atom stereocenters. The van der Waals surface area contributed by atoms with E-state index in [0.29, 0.717) is 33.9 Å². The van der Waals surface area contributed by atoms with Crippen LogP contribution in [0.5, 0.6) is 0 Å². The molecule has 4 heterocycles. The number of thiophene rings is 1. The number of carbonyl (C=O) groups excluding carboxylic acids is 1. The number of fused-ring (bicyclic) bond motifs is 1. The largest absolute Gasteiger partial charge is 0.388 e. The third-order valence-electron chi connectivity index (χ3n) is 8.30. The predicted molar refractivity (Wildman–Crippen MR) is 161 cm³/mol. The fourth-order valence-corrected chi connectivity index (χ4v) is 7.24. The second-order valence-electron chi connectivity index (χ2n) is 11.8. The molecule has 0 spiro atoms. The lowest BCUT2D eigenvalue weighted by molar-refractivity contribution is 0.0665. The Labute approximate surface area is 246 Å². The molecule has 0 radical (unpaired) electrons. The number of aromatic nitrogens is 4. The second-order valence-corrected chi connectivity index (χ2v) is 13.0. The molecule has 12 heteroatoms. The lowest BCUT2D eigenvalue weighted by Crippen LogP contribution is -2.23. The van der Waals surface area contributed by atoms with Gasteiger partial charge in [-0.15, -0.1) is 11.3 Å². The van der Waals surface area contributed by atoms with Crippen LogP contribution in [0.15, 0.2) is 35.1 Å². The fourth-order valence-electron chi connectivity index (χ4n) is 5.91. The van der Waals surface area contributed by atoms with Gasteiger partial charge < -0.3 is 21.1 Å². The van der Waals surface area contributed by atoms with E-state index < -0.39 is 17.8 Å².